The van der Waals surface area contributed by atoms with Crippen LogP contribution in [0.2, 0.25) is 0 Å². The summed E-state index contributed by atoms with van der Waals surface area (Å²) in [5, 5.41) is 0. The van der Waals surface area contributed by atoms with E-state index in [1.165, 1.54) is 0 Å². The van der Waals surface area contributed by atoms with Crippen molar-refractivity contribution in [1.82, 2.24) is 0 Å². The fraction of sp³-hybridized carbons (Fsp3) is 0.429. The Morgan fingerprint density at radius 3 is 1.71 bits per heavy atom. The summed E-state index contributed by atoms with van der Waals surface area (Å²) in [4.78, 5) is 0. The minimum absolute atomic E-state index is 0.218. The average Bonchev–Trinajstić information content (AvgIpc) is 1.87. The summed E-state index contributed by atoms with van der Waals surface area (Å²) in [6.45, 7) is 10.9. The maximum atomic E-state index is 5.46. The van der Waals surface area contributed by atoms with Crippen molar-refractivity contribution in [2.24, 2.45) is 11.8 Å². The highest BCUT2D eigenvalue weighted by Crippen LogP contribution is 2.20. The van der Waals surface area contributed by atoms with Gasteiger partial charge in [0.2, 0.25) is 0 Å². The molecule has 0 amide bonds. The molecule has 7 heavy (non-hydrogen) atoms. The summed E-state index contributed by atoms with van der Waals surface area (Å²) in [6, 6.07) is 0. The first-order valence-electron chi connectivity index (χ1n) is 2.48. The molecule has 0 aliphatic heterocycles. The SMILES string of the molecule is [CH]C1C=CC([CH])C1. The van der Waals surface area contributed by atoms with Crippen molar-refractivity contribution < 1.29 is 0 Å². The van der Waals surface area contributed by atoms with Gasteiger partial charge in [0.05, 0.1) is 0 Å². The van der Waals surface area contributed by atoms with Gasteiger partial charge in [-0.3, -0.25) is 0 Å². The molecule has 36 valence electrons. The Bertz CT molecular complexity index is 72.0. The van der Waals surface area contributed by atoms with E-state index < -0.39 is 0 Å². The topological polar surface area (TPSA) is 0 Å². The summed E-state index contributed by atoms with van der Waals surface area (Å²) >= 11 is 0. The molecule has 4 radical (unpaired) electrons. The predicted octanol–water partition coefficient (Wildman–Crippen LogP) is 1.60. The van der Waals surface area contributed by atoms with E-state index in [1.54, 1.807) is 0 Å². The fourth-order valence-corrected chi connectivity index (χ4v) is 0.757. The van der Waals surface area contributed by atoms with Crippen LogP contribution in [0.25, 0.3) is 0 Å². The molecular weight excluding hydrogens is 84.1 g/mol. The minimum atomic E-state index is 0.218. The highest BCUT2D eigenvalue weighted by Gasteiger charge is 2.09. The van der Waals surface area contributed by atoms with Crippen LogP contribution in [0.3, 0.4) is 0 Å². The molecule has 0 bridgehead atoms. The van der Waals surface area contributed by atoms with E-state index >= 15 is 0 Å². The van der Waals surface area contributed by atoms with Gasteiger partial charge < -0.3 is 0 Å². The molecule has 0 saturated carbocycles. The van der Waals surface area contributed by atoms with Crippen LogP contribution >= 0.6 is 0 Å². The highest BCUT2D eigenvalue weighted by molar-refractivity contribution is 5.03. The van der Waals surface area contributed by atoms with Crippen LogP contribution < -0.4 is 0 Å². The van der Waals surface area contributed by atoms with Crippen molar-refractivity contribution in [1.29, 1.82) is 0 Å². The van der Waals surface area contributed by atoms with Gasteiger partial charge >= 0.3 is 0 Å². The van der Waals surface area contributed by atoms with Gasteiger partial charge in [-0.1, -0.05) is 12.2 Å². The molecule has 0 saturated heterocycles. The van der Waals surface area contributed by atoms with E-state index in [0.29, 0.717) is 0 Å². The lowest BCUT2D eigenvalue weighted by molar-refractivity contribution is 0.672. The molecule has 0 heterocycles. The van der Waals surface area contributed by atoms with Crippen LogP contribution in [0.4, 0.5) is 0 Å². The molecule has 0 heteroatoms. The third-order valence-electron chi connectivity index (χ3n) is 1.15. The third-order valence-corrected chi connectivity index (χ3v) is 1.15. The summed E-state index contributed by atoms with van der Waals surface area (Å²) in [6.07, 6.45) is 4.81. The van der Waals surface area contributed by atoms with E-state index in [4.69, 9.17) is 13.8 Å². The Kier molecular flexibility index (Phi) is 1.18. The van der Waals surface area contributed by atoms with E-state index in [9.17, 15) is 0 Å². The molecule has 0 nitrogen and oxygen atoms in total. The second-order valence-corrected chi connectivity index (χ2v) is 1.95. The van der Waals surface area contributed by atoms with Gasteiger partial charge in [0.15, 0.2) is 0 Å². The predicted molar refractivity (Wildman–Crippen MR) is 29.3 cm³/mol. The molecule has 1 aliphatic carbocycles. The smallest absolute Gasteiger partial charge is 0.0193 e. The molecule has 2 atom stereocenters. The maximum Gasteiger partial charge on any atom is -0.0193 e. The first-order valence-corrected chi connectivity index (χ1v) is 2.48. The first-order chi connectivity index (χ1) is 3.29. The quantitative estimate of drug-likeness (QED) is 0.398. The summed E-state index contributed by atoms with van der Waals surface area (Å²) in [7, 11) is 0. The van der Waals surface area contributed by atoms with Gasteiger partial charge in [0.1, 0.15) is 0 Å². The average molecular weight is 92.1 g/mol. The largest absolute Gasteiger partial charge is 0.0848 e. The zero-order chi connectivity index (χ0) is 5.28. The number of allylic oxidation sites excluding steroid dienone is 2. The van der Waals surface area contributed by atoms with Crippen LogP contribution in [0.15, 0.2) is 12.2 Å². The Morgan fingerprint density at radius 2 is 1.57 bits per heavy atom. The molecule has 0 fully saturated rings. The standard InChI is InChI=1S/C7H8/c1-6-3-4-7(2)5-6/h1-4,6-7H,5H2. The second-order valence-electron chi connectivity index (χ2n) is 1.95. The molecule has 1 aliphatic rings. The van der Waals surface area contributed by atoms with Crippen molar-refractivity contribution >= 4 is 0 Å². The lowest BCUT2D eigenvalue weighted by Crippen LogP contribution is -1.87. The van der Waals surface area contributed by atoms with Crippen molar-refractivity contribution in [3.63, 3.8) is 0 Å². The molecule has 0 spiro atoms. The molecule has 2 unspecified atom stereocenters. The molecule has 1 rings (SSSR count). The fourth-order valence-electron chi connectivity index (χ4n) is 0.757. The summed E-state index contributed by atoms with van der Waals surface area (Å²) < 4.78 is 0. The number of hydrogen-bond acceptors (Lipinski definition) is 0. The number of hydrogen-bond donors (Lipinski definition) is 0. The van der Waals surface area contributed by atoms with Crippen LogP contribution in [0.1, 0.15) is 6.42 Å². The third kappa shape index (κ3) is 1.05. The molecule has 0 aromatic carbocycles. The minimum Gasteiger partial charge on any atom is -0.0848 e. The molecular formula is C7H8. The lowest BCUT2D eigenvalue weighted by atomic mass is 10.1. The zero-order valence-corrected chi connectivity index (χ0v) is 4.17. The van der Waals surface area contributed by atoms with Crippen LogP contribution in [0, 0.1) is 25.7 Å². The lowest BCUT2D eigenvalue weighted by Gasteiger charge is -1.96. The van der Waals surface area contributed by atoms with Gasteiger partial charge in [-0.25, -0.2) is 0 Å². The van der Waals surface area contributed by atoms with Crippen LogP contribution in [-0.4, -0.2) is 0 Å². The highest BCUT2D eigenvalue weighted by atomic mass is 14.1. The zero-order valence-electron chi connectivity index (χ0n) is 4.17. The van der Waals surface area contributed by atoms with E-state index in [0.717, 1.165) is 6.42 Å². The van der Waals surface area contributed by atoms with Crippen molar-refractivity contribution in [2.75, 3.05) is 0 Å². The van der Waals surface area contributed by atoms with Gasteiger partial charge in [-0.15, -0.1) is 0 Å². The Labute approximate surface area is 45.2 Å². The Morgan fingerprint density at radius 1 is 1.14 bits per heavy atom. The van der Waals surface area contributed by atoms with Crippen molar-refractivity contribution in [2.45, 2.75) is 6.42 Å². The molecule has 0 N–H and O–H groups in total. The normalized spacial score (nSPS) is 39.7. The van der Waals surface area contributed by atoms with Crippen LogP contribution in [0.5, 0.6) is 0 Å². The van der Waals surface area contributed by atoms with Gasteiger partial charge in [-0.05, 0) is 32.1 Å². The maximum absolute atomic E-state index is 5.46. The Balaban J connectivity index is 2.42. The summed E-state index contributed by atoms with van der Waals surface area (Å²) in [5.74, 6) is 0.435. The first kappa shape index (κ1) is 4.89. The van der Waals surface area contributed by atoms with E-state index in [2.05, 4.69) is 0 Å². The van der Waals surface area contributed by atoms with Crippen molar-refractivity contribution in [3.8, 4) is 0 Å². The summed E-state index contributed by atoms with van der Waals surface area (Å²) in [5.41, 5.74) is 0. The number of rotatable bonds is 0. The van der Waals surface area contributed by atoms with Crippen molar-refractivity contribution in [3.05, 3.63) is 26.0 Å². The second kappa shape index (κ2) is 1.69. The van der Waals surface area contributed by atoms with E-state index in [-0.39, 0.29) is 11.8 Å². The van der Waals surface area contributed by atoms with Gasteiger partial charge in [0.25, 0.3) is 0 Å². The van der Waals surface area contributed by atoms with Crippen LogP contribution in [-0.2, 0) is 0 Å². The Hall–Kier alpha value is -0.260. The van der Waals surface area contributed by atoms with Gasteiger partial charge in [-0.2, -0.15) is 0 Å². The van der Waals surface area contributed by atoms with E-state index in [1.807, 2.05) is 12.2 Å². The molecule has 0 aromatic heterocycles. The van der Waals surface area contributed by atoms with Gasteiger partial charge in [0, 0.05) is 0 Å². The molecule has 0 aromatic rings. The monoisotopic (exact) mass is 92.1 g/mol.